The van der Waals surface area contributed by atoms with Crippen molar-refractivity contribution in [1.29, 1.82) is 0 Å². The fourth-order valence-electron chi connectivity index (χ4n) is 0.645. The minimum atomic E-state index is 0.639. The van der Waals surface area contributed by atoms with E-state index in [-0.39, 0.29) is 0 Å². The summed E-state index contributed by atoms with van der Waals surface area (Å²) < 4.78 is 0. The van der Waals surface area contributed by atoms with Crippen LogP contribution in [0.3, 0.4) is 0 Å². The first-order chi connectivity index (χ1) is 5.33. The largest absolute Gasteiger partial charge is 0.366 e. The van der Waals surface area contributed by atoms with Gasteiger partial charge in [0.2, 0.25) is 0 Å². The van der Waals surface area contributed by atoms with E-state index < -0.39 is 0 Å². The van der Waals surface area contributed by atoms with Crippen molar-refractivity contribution >= 4 is 17.3 Å². The third-order valence-corrected chi connectivity index (χ3v) is 1.57. The van der Waals surface area contributed by atoms with Crippen LogP contribution in [0.5, 0.6) is 0 Å². The Kier molecular flexibility index (Phi) is 2.85. The van der Waals surface area contributed by atoms with Gasteiger partial charge in [0, 0.05) is 13.2 Å². The molecule has 1 aromatic rings. The van der Waals surface area contributed by atoms with E-state index in [9.17, 15) is 0 Å². The smallest absolute Gasteiger partial charge is 0.166 e. The standard InChI is InChI=1S/C6H10N4S/c1-7-6(11)9-3-5-2-8-4-10-5/h2,4H,3H2,1H3,(H,8,10)(H2,7,9,11). The molecule has 0 atom stereocenters. The van der Waals surface area contributed by atoms with Gasteiger partial charge in [-0.3, -0.25) is 0 Å². The zero-order valence-electron chi connectivity index (χ0n) is 6.22. The molecule has 11 heavy (non-hydrogen) atoms. The number of hydrogen-bond acceptors (Lipinski definition) is 2. The zero-order valence-corrected chi connectivity index (χ0v) is 7.03. The van der Waals surface area contributed by atoms with Gasteiger partial charge >= 0.3 is 0 Å². The highest BCUT2D eigenvalue weighted by Gasteiger charge is 1.93. The maximum Gasteiger partial charge on any atom is 0.166 e. The molecular formula is C6H10N4S. The SMILES string of the molecule is CNC(=S)NCc1cnc[nH]1. The molecule has 0 unspecified atom stereocenters. The summed E-state index contributed by atoms with van der Waals surface area (Å²) in [7, 11) is 1.78. The van der Waals surface area contributed by atoms with Crippen molar-refractivity contribution in [2.24, 2.45) is 0 Å². The number of aromatic amines is 1. The lowest BCUT2D eigenvalue weighted by Crippen LogP contribution is -2.31. The highest BCUT2D eigenvalue weighted by Crippen LogP contribution is 1.87. The van der Waals surface area contributed by atoms with Gasteiger partial charge in [-0.2, -0.15) is 0 Å². The molecule has 3 N–H and O–H groups in total. The van der Waals surface area contributed by atoms with Gasteiger partial charge in [-0.1, -0.05) is 0 Å². The number of aromatic nitrogens is 2. The molecular weight excluding hydrogens is 160 g/mol. The highest BCUT2D eigenvalue weighted by atomic mass is 32.1. The topological polar surface area (TPSA) is 52.7 Å². The third-order valence-electron chi connectivity index (χ3n) is 1.22. The van der Waals surface area contributed by atoms with Gasteiger partial charge in [0.15, 0.2) is 5.11 Å². The Morgan fingerprint density at radius 3 is 3.18 bits per heavy atom. The van der Waals surface area contributed by atoms with Crippen molar-refractivity contribution in [3.05, 3.63) is 18.2 Å². The second-order valence-electron chi connectivity index (χ2n) is 2.01. The zero-order chi connectivity index (χ0) is 8.10. The molecule has 1 heterocycles. The number of rotatable bonds is 2. The van der Waals surface area contributed by atoms with Gasteiger partial charge < -0.3 is 15.6 Å². The van der Waals surface area contributed by atoms with Gasteiger partial charge in [-0.15, -0.1) is 0 Å². The summed E-state index contributed by atoms with van der Waals surface area (Å²) >= 11 is 4.87. The van der Waals surface area contributed by atoms with E-state index in [4.69, 9.17) is 12.2 Å². The molecule has 0 aliphatic carbocycles. The molecule has 4 nitrogen and oxygen atoms in total. The molecule has 0 aliphatic heterocycles. The fraction of sp³-hybridized carbons (Fsp3) is 0.333. The predicted molar refractivity (Wildman–Crippen MR) is 47.1 cm³/mol. The van der Waals surface area contributed by atoms with Crippen LogP contribution in [0, 0.1) is 0 Å². The minimum absolute atomic E-state index is 0.639. The summed E-state index contributed by atoms with van der Waals surface area (Å²) in [6.45, 7) is 0.680. The van der Waals surface area contributed by atoms with Crippen molar-refractivity contribution in [2.75, 3.05) is 7.05 Å². The number of imidazole rings is 1. The number of nitrogens with zero attached hydrogens (tertiary/aromatic N) is 1. The number of thiocarbonyl (C=S) groups is 1. The van der Waals surface area contributed by atoms with Crippen molar-refractivity contribution in [3.8, 4) is 0 Å². The van der Waals surface area contributed by atoms with Gasteiger partial charge in [0.05, 0.1) is 18.6 Å². The first-order valence-corrected chi connectivity index (χ1v) is 3.66. The monoisotopic (exact) mass is 170 g/mol. The Morgan fingerprint density at radius 2 is 2.64 bits per heavy atom. The van der Waals surface area contributed by atoms with E-state index >= 15 is 0 Å². The normalized spacial score (nSPS) is 9.18. The molecule has 0 saturated heterocycles. The maximum atomic E-state index is 4.87. The van der Waals surface area contributed by atoms with Crippen LogP contribution in [-0.4, -0.2) is 22.1 Å². The van der Waals surface area contributed by atoms with E-state index in [0.29, 0.717) is 11.7 Å². The Labute approximate surface area is 70.4 Å². The van der Waals surface area contributed by atoms with E-state index in [1.54, 1.807) is 19.6 Å². The average Bonchev–Trinajstić information content (AvgIpc) is 2.52. The molecule has 1 rings (SSSR count). The second-order valence-corrected chi connectivity index (χ2v) is 2.42. The summed E-state index contributed by atoms with van der Waals surface area (Å²) in [6, 6.07) is 0. The molecule has 0 saturated carbocycles. The molecule has 0 fully saturated rings. The van der Waals surface area contributed by atoms with Gasteiger partial charge in [0.1, 0.15) is 0 Å². The lowest BCUT2D eigenvalue weighted by molar-refractivity contribution is 0.865. The molecule has 0 radical (unpaired) electrons. The molecule has 0 amide bonds. The summed E-state index contributed by atoms with van der Waals surface area (Å²) in [5.41, 5.74) is 1.02. The molecule has 0 aliphatic rings. The van der Waals surface area contributed by atoms with Gasteiger partial charge in [-0.25, -0.2) is 4.98 Å². The number of hydrogen-bond donors (Lipinski definition) is 3. The van der Waals surface area contributed by atoms with Crippen LogP contribution in [0.4, 0.5) is 0 Å². The number of H-pyrrole nitrogens is 1. The summed E-state index contributed by atoms with van der Waals surface area (Å²) in [5.74, 6) is 0. The van der Waals surface area contributed by atoms with Gasteiger partial charge in [-0.05, 0) is 12.2 Å². The average molecular weight is 170 g/mol. The van der Waals surface area contributed by atoms with Crippen LogP contribution in [-0.2, 0) is 6.54 Å². The van der Waals surface area contributed by atoms with Crippen LogP contribution in [0.25, 0.3) is 0 Å². The van der Waals surface area contributed by atoms with Crippen molar-refractivity contribution in [3.63, 3.8) is 0 Å². The summed E-state index contributed by atoms with van der Waals surface area (Å²) in [5, 5.41) is 6.44. The number of nitrogens with one attached hydrogen (secondary N) is 3. The molecule has 60 valence electrons. The van der Waals surface area contributed by atoms with Gasteiger partial charge in [0.25, 0.3) is 0 Å². The molecule has 0 bridgehead atoms. The molecule has 0 spiro atoms. The van der Waals surface area contributed by atoms with Crippen LogP contribution in [0.15, 0.2) is 12.5 Å². The lowest BCUT2D eigenvalue weighted by atomic mass is 10.5. The first-order valence-electron chi connectivity index (χ1n) is 3.25. The second kappa shape index (κ2) is 3.92. The Balaban J connectivity index is 2.29. The van der Waals surface area contributed by atoms with Crippen LogP contribution >= 0.6 is 12.2 Å². The maximum absolute atomic E-state index is 4.87. The Bertz CT molecular complexity index is 218. The third kappa shape index (κ3) is 2.55. The molecule has 5 heteroatoms. The van der Waals surface area contributed by atoms with Crippen LogP contribution in [0.1, 0.15) is 5.69 Å². The minimum Gasteiger partial charge on any atom is -0.366 e. The lowest BCUT2D eigenvalue weighted by Gasteiger charge is -2.03. The van der Waals surface area contributed by atoms with E-state index in [0.717, 1.165) is 5.69 Å². The highest BCUT2D eigenvalue weighted by molar-refractivity contribution is 7.80. The van der Waals surface area contributed by atoms with Crippen molar-refractivity contribution in [1.82, 2.24) is 20.6 Å². The van der Waals surface area contributed by atoms with Crippen LogP contribution in [0.2, 0.25) is 0 Å². The first kappa shape index (κ1) is 8.00. The van der Waals surface area contributed by atoms with E-state index in [2.05, 4.69) is 20.6 Å². The quantitative estimate of drug-likeness (QED) is 0.547. The molecule has 0 aromatic carbocycles. The Morgan fingerprint density at radius 1 is 1.82 bits per heavy atom. The fourth-order valence-corrected chi connectivity index (χ4v) is 0.717. The van der Waals surface area contributed by atoms with Crippen molar-refractivity contribution in [2.45, 2.75) is 6.54 Å². The van der Waals surface area contributed by atoms with E-state index in [1.165, 1.54) is 0 Å². The summed E-state index contributed by atoms with van der Waals surface area (Å²) in [6.07, 6.45) is 3.39. The molecule has 1 aromatic heterocycles. The van der Waals surface area contributed by atoms with Crippen LogP contribution < -0.4 is 10.6 Å². The predicted octanol–water partition coefficient (Wildman–Crippen LogP) is 0.00360. The van der Waals surface area contributed by atoms with E-state index in [1.807, 2.05) is 0 Å². The summed E-state index contributed by atoms with van der Waals surface area (Å²) in [4.78, 5) is 6.82. The Hall–Kier alpha value is -1.10. The van der Waals surface area contributed by atoms with Crippen molar-refractivity contribution < 1.29 is 0 Å².